The molecule has 2 aliphatic rings. The molecule has 0 aliphatic carbocycles. The predicted molar refractivity (Wildman–Crippen MR) is 64.8 cm³/mol. The molecule has 1 atom stereocenters. The van der Waals surface area contributed by atoms with E-state index in [1.165, 1.54) is 4.90 Å². The Morgan fingerprint density at radius 2 is 2.32 bits per heavy atom. The highest BCUT2D eigenvalue weighted by Crippen LogP contribution is 2.33. The molecule has 2 amide bonds. The monoisotopic (exact) mass is 265 g/mol. The first-order valence-electron chi connectivity index (χ1n) is 6.35. The Bertz CT molecular complexity index is 539. The standard InChI is InChI=1S/C12H15N3O4/c1-7-5-9-8(6-15(7)12(17)18)11(19-13-9)14-4-2-3-10(14)16/h7H,2-6H2,1H3,(H,17,18)/t7-/m0/s1. The van der Waals surface area contributed by atoms with Gasteiger partial charge in [0.2, 0.25) is 11.8 Å². The topological polar surface area (TPSA) is 86.9 Å². The predicted octanol–water partition coefficient (Wildman–Crippen LogP) is 1.23. The molecule has 1 aromatic heterocycles. The number of carboxylic acid groups (broad SMARTS) is 1. The number of rotatable bonds is 1. The molecule has 1 aromatic rings. The van der Waals surface area contributed by atoms with Gasteiger partial charge < -0.3 is 14.5 Å². The second-order valence-electron chi connectivity index (χ2n) is 5.03. The molecule has 19 heavy (non-hydrogen) atoms. The van der Waals surface area contributed by atoms with E-state index in [2.05, 4.69) is 5.16 Å². The molecule has 0 aromatic carbocycles. The molecule has 7 heteroatoms. The van der Waals surface area contributed by atoms with Crippen LogP contribution in [0.3, 0.4) is 0 Å². The third-order valence-electron chi connectivity index (χ3n) is 3.76. The first kappa shape index (κ1) is 12.0. The lowest BCUT2D eigenvalue weighted by atomic mass is 10.0. The summed E-state index contributed by atoms with van der Waals surface area (Å²) in [6, 6.07) is -0.128. The Morgan fingerprint density at radius 3 is 2.95 bits per heavy atom. The Hall–Kier alpha value is -2.05. The van der Waals surface area contributed by atoms with Gasteiger partial charge in [0.15, 0.2) is 0 Å². The van der Waals surface area contributed by atoms with Crippen LogP contribution in [0.25, 0.3) is 0 Å². The number of hydrogen-bond donors (Lipinski definition) is 1. The highest BCUT2D eigenvalue weighted by molar-refractivity contribution is 5.94. The van der Waals surface area contributed by atoms with Crippen molar-refractivity contribution in [3.63, 3.8) is 0 Å². The van der Waals surface area contributed by atoms with Gasteiger partial charge in [-0.2, -0.15) is 0 Å². The second-order valence-corrected chi connectivity index (χ2v) is 5.03. The molecule has 7 nitrogen and oxygen atoms in total. The van der Waals surface area contributed by atoms with Crippen LogP contribution in [0.5, 0.6) is 0 Å². The van der Waals surface area contributed by atoms with Gasteiger partial charge in [0.25, 0.3) is 0 Å². The van der Waals surface area contributed by atoms with E-state index in [-0.39, 0.29) is 18.5 Å². The molecule has 2 aliphatic heterocycles. The first-order valence-corrected chi connectivity index (χ1v) is 6.35. The number of nitrogens with zero attached hydrogens (tertiary/aromatic N) is 3. The minimum atomic E-state index is -0.960. The van der Waals surface area contributed by atoms with Crippen molar-refractivity contribution in [2.24, 2.45) is 0 Å². The molecule has 0 radical (unpaired) electrons. The van der Waals surface area contributed by atoms with E-state index in [0.29, 0.717) is 25.3 Å². The molecule has 0 spiro atoms. The number of aromatic nitrogens is 1. The Morgan fingerprint density at radius 1 is 1.53 bits per heavy atom. The molecule has 1 saturated heterocycles. The van der Waals surface area contributed by atoms with Crippen molar-refractivity contribution in [1.29, 1.82) is 0 Å². The first-order chi connectivity index (χ1) is 9.08. The normalized spacial score (nSPS) is 22.8. The maximum Gasteiger partial charge on any atom is 0.407 e. The fraction of sp³-hybridized carbons (Fsp3) is 0.583. The molecular formula is C12H15N3O4. The van der Waals surface area contributed by atoms with E-state index in [1.54, 1.807) is 4.90 Å². The van der Waals surface area contributed by atoms with Crippen LogP contribution in [-0.2, 0) is 17.8 Å². The Balaban J connectivity index is 1.95. The summed E-state index contributed by atoms with van der Waals surface area (Å²) >= 11 is 0. The van der Waals surface area contributed by atoms with E-state index < -0.39 is 6.09 Å². The van der Waals surface area contributed by atoms with Gasteiger partial charge in [-0.05, 0) is 13.3 Å². The van der Waals surface area contributed by atoms with E-state index in [0.717, 1.165) is 17.7 Å². The van der Waals surface area contributed by atoms with Gasteiger partial charge in [0, 0.05) is 25.4 Å². The summed E-state index contributed by atoms with van der Waals surface area (Å²) in [4.78, 5) is 25.9. The highest BCUT2D eigenvalue weighted by Gasteiger charge is 2.35. The minimum Gasteiger partial charge on any atom is -0.465 e. The van der Waals surface area contributed by atoms with Crippen LogP contribution in [0, 0.1) is 0 Å². The summed E-state index contributed by atoms with van der Waals surface area (Å²) in [6.45, 7) is 2.68. The number of amides is 2. The lowest BCUT2D eigenvalue weighted by Crippen LogP contribution is -2.42. The van der Waals surface area contributed by atoms with E-state index in [4.69, 9.17) is 4.52 Å². The maximum absolute atomic E-state index is 11.7. The zero-order valence-corrected chi connectivity index (χ0v) is 10.6. The number of fused-ring (bicyclic) bond motifs is 1. The van der Waals surface area contributed by atoms with Crippen LogP contribution in [-0.4, -0.2) is 39.8 Å². The van der Waals surface area contributed by atoms with Gasteiger partial charge in [-0.1, -0.05) is 5.16 Å². The summed E-state index contributed by atoms with van der Waals surface area (Å²) in [7, 11) is 0. The van der Waals surface area contributed by atoms with Gasteiger partial charge in [0.05, 0.1) is 17.8 Å². The van der Waals surface area contributed by atoms with Crippen LogP contribution in [0.15, 0.2) is 4.52 Å². The van der Waals surface area contributed by atoms with Crippen LogP contribution >= 0.6 is 0 Å². The molecule has 3 heterocycles. The molecule has 0 bridgehead atoms. The van der Waals surface area contributed by atoms with Crippen molar-refractivity contribution in [3.8, 4) is 0 Å². The van der Waals surface area contributed by atoms with E-state index in [1.807, 2.05) is 6.92 Å². The third-order valence-corrected chi connectivity index (χ3v) is 3.76. The largest absolute Gasteiger partial charge is 0.465 e. The summed E-state index contributed by atoms with van der Waals surface area (Å²) < 4.78 is 5.28. The smallest absolute Gasteiger partial charge is 0.407 e. The van der Waals surface area contributed by atoms with Crippen molar-refractivity contribution in [3.05, 3.63) is 11.3 Å². The number of carbonyl (C=O) groups is 2. The lowest BCUT2D eigenvalue weighted by molar-refractivity contribution is -0.117. The SMILES string of the molecule is C[C@H]1Cc2noc(N3CCCC3=O)c2CN1C(=O)O. The van der Waals surface area contributed by atoms with Gasteiger partial charge in [-0.25, -0.2) is 4.79 Å². The fourth-order valence-corrected chi connectivity index (χ4v) is 2.70. The summed E-state index contributed by atoms with van der Waals surface area (Å²) in [5, 5.41) is 13.2. The van der Waals surface area contributed by atoms with Crippen LogP contribution < -0.4 is 4.90 Å². The third kappa shape index (κ3) is 1.85. The van der Waals surface area contributed by atoms with Crippen molar-refractivity contribution < 1.29 is 19.2 Å². The average molecular weight is 265 g/mol. The maximum atomic E-state index is 11.7. The molecule has 0 unspecified atom stereocenters. The Kier molecular flexibility index (Phi) is 2.69. The van der Waals surface area contributed by atoms with Crippen molar-refractivity contribution in [2.45, 2.75) is 38.8 Å². The van der Waals surface area contributed by atoms with Crippen LogP contribution in [0.1, 0.15) is 31.0 Å². The minimum absolute atomic E-state index is 0.0134. The van der Waals surface area contributed by atoms with Crippen molar-refractivity contribution in [2.75, 3.05) is 11.4 Å². The number of hydrogen-bond acceptors (Lipinski definition) is 4. The molecule has 1 N–H and O–H groups in total. The number of carbonyl (C=O) groups excluding carboxylic acids is 1. The number of anilines is 1. The lowest BCUT2D eigenvalue weighted by Gasteiger charge is -2.30. The summed E-state index contributed by atoms with van der Waals surface area (Å²) in [5.74, 6) is 0.440. The molecular weight excluding hydrogens is 250 g/mol. The fourth-order valence-electron chi connectivity index (χ4n) is 2.70. The quantitative estimate of drug-likeness (QED) is 0.825. The van der Waals surface area contributed by atoms with Gasteiger partial charge in [-0.3, -0.25) is 9.69 Å². The zero-order chi connectivity index (χ0) is 13.6. The molecule has 3 rings (SSSR count). The summed E-state index contributed by atoms with van der Waals surface area (Å²) in [5.41, 5.74) is 1.50. The van der Waals surface area contributed by atoms with Crippen molar-refractivity contribution >= 4 is 17.9 Å². The van der Waals surface area contributed by atoms with Crippen LogP contribution in [0.2, 0.25) is 0 Å². The zero-order valence-electron chi connectivity index (χ0n) is 10.6. The average Bonchev–Trinajstić information content (AvgIpc) is 2.93. The van der Waals surface area contributed by atoms with E-state index in [9.17, 15) is 14.7 Å². The molecule has 102 valence electrons. The van der Waals surface area contributed by atoms with Crippen molar-refractivity contribution in [1.82, 2.24) is 10.1 Å². The summed E-state index contributed by atoms with van der Waals surface area (Å²) in [6.07, 6.45) is 0.868. The van der Waals surface area contributed by atoms with E-state index >= 15 is 0 Å². The second kappa shape index (κ2) is 4.25. The van der Waals surface area contributed by atoms with Gasteiger partial charge >= 0.3 is 6.09 Å². The van der Waals surface area contributed by atoms with Gasteiger partial charge in [-0.15, -0.1) is 0 Å². The Labute approximate surface area is 109 Å². The van der Waals surface area contributed by atoms with Crippen LogP contribution in [0.4, 0.5) is 10.7 Å². The molecule has 1 fully saturated rings. The highest BCUT2D eigenvalue weighted by atomic mass is 16.5. The van der Waals surface area contributed by atoms with Gasteiger partial charge in [0.1, 0.15) is 0 Å². The molecule has 0 saturated carbocycles.